The van der Waals surface area contributed by atoms with E-state index in [1.165, 1.54) is 7.11 Å². The number of aromatic nitrogens is 1. The molecular formula is C13H14N2O3. The molecule has 1 heterocycles. The number of esters is 1. The molecule has 94 valence electrons. The molecule has 5 heteroatoms. The Kier molecular flexibility index (Phi) is 3.23. The number of carbonyl (C=O) groups is 1. The number of hydrogen-bond donors (Lipinski definition) is 2. The molecule has 0 saturated heterocycles. The van der Waals surface area contributed by atoms with Gasteiger partial charge in [-0.3, -0.25) is 0 Å². The molecule has 0 radical (unpaired) electrons. The highest BCUT2D eigenvalue weighted by Crippen LogP contribution is 2.16. The van der Waals surface area contributed by atoms with E-state index in [0.717, 1.165) is 5.56 Å². The van der Waals surface area contributed by atoms with Crippen LogP contribution < -0.4 is 5.73 Å². The zero-order chi connectivity index (χ0) is 13.1. The maximum Gasteiger partial charge on any atom is 0.354 e. The van der Waals surface area contributed by atoms with Crippen LogP contribution in [0.4, 0.5) is 5.69 Å². The number of phenols is 1. The van der Waals surface area contributed by atoms with Gasteiger partial charge in [0.1, 0.15) is 11.4 Å². The van der Waals surface area contributed by atoms with Gasteiger partial charge in [0, 0.05) is 12.7 Å². The van der Waals surface area contributed by atoms with E-state index in [9.17, 15) is 9.90 Å². The number of ether oxygens (including phenoxy) is 1. The largest absolute Gasteiger partial charge is 0.508 e. The monoisotopic (exact) mass is 246 g/mol. The van der Waals surface area contributed by atoms with Crippen LogP contribution in [-0.4, -0.2) is 22.8 Å². The zero-order valence-electron chi connectivity index (χ0n) is 9.96. The van der Waals surface area contributed by atoms with Gasteiger partial charge in [-0.15, -0.1) is 0 Å². The fraction of sp³-hybridized carbons (Fsp3) is 0.154. The van der Waals surface area contributed by atoms with Crippen molar-refractivity contribution in [3.05, 3.63) is 47.8 Å². The second-order valence-corrected chi connectivity index (χ2v) is 3.95. The van der Waals surface area contributed by atoms with Gasteiger partial charge in [-0.25, -0.2) is 4.79 Å². The maximum absolute atomic E-state index is 11.6. The summed E-state index contributed by atoms with van der Waals surface area (Å²) in [6.07, 6.45) is 1.66. The molecule has 0 saturated carbocycles. The summed E-state index contributed by atoms with van der Waals surface area (Å²) in [5.41, 5.74) is 7.43. The van der Waals surface area contributed by atoms with Crippen molar-refractivity contribution >= 4 is 11.7 Å². The Labute approximate surface area is 104 Å². The maximum atomic E-state index is 11.6. The van der Waals surface area contributed by atoms with Gasteiger partial charge in [0.15, 0.2) is 0 Å². The summed E-state index contributed by atoms with van der Waals surface area (Å²) in [5, 5.41) is 9.40. The molecule has 5 nitrogen and oxygen atoms in total. The smallest absolute Gasteiger partial charge is 0.354 e. The number of nitrogens with two attached hydrogens (primary N) is 1. The van der Waals surface area contributed by atoms with Crippen LogP contribution in [0.1, 0.15) is 16.1 Å². The van der Waals surface area contributed by atoms with Crippen molar-refractivity contribution in [3.63, 3.8) is 0 Å². The molecule has 1 aromatic carbocycles. The van der Waals surface area contributed by atoms with E-state index in [-0.39, 0.29) is 5.75 Å². The number of aromatic hydroxyl groups is 1. The van der Waals surface area contributed by atoms with Crippen molar-refractivity contribution in [1.82, 2.24) is 4.57 Å². The number of methoxy groups -OCH3 is 1. The lowest BCUT2D eigenvalue weighted by molar-refractivity contribution is 0.0589. The third-order valence-corrected chi connectivity index (χ3v) is 2.58. The molecule has 0 spiro atoms. The number of carbonyl (C=O) groups excluding carboxylic acids is 1. The molecule has 2 aromatic rings. The number of hydrogen-bond acceptors (Lipinski definition) is 4. The van der Waals surface area contributed by atoms with Crippen LogP contribution in [0.5, 0.6) is 5.75 Å². The molecule has 0 unspecified atom stereocenters. The van der Waals surface area contributed by atoms with Crippen molar-refractivity contribution in [2.75, 3.05) is 12.8 Å². The molecule has 0 amide bonds. The first-order chi connectivity index (χ1) is 8.60. The summed E-state index contributed by atoms with van der Waals surface area (Å²) in [4.78, 5) is 11.6. The third-order valence-electron chi connectivity index (χ3n) is 2.58. The van der Waals surface area contributed by atoms with E-state index < -0.39 is 5.97 Å². The second-order valence-electron chi connectivity index (χ2n) is 3.95. The molecule has 0 bridgehead atoms. The van der Waals surface area contributed by atoms with Gasteiger partial charge in [-0.1, -0.05) is 12.1 Å². The SMILES string of the molecule is COC(=O)c1cc(N)cn1Cc1cccc(O)c1. The van der Waals surface area contributed by atoms with Crippen LogP contribution in [-0.2, 0) is 11.3 Å². The van der Waals surface area contributed by atoms with Gasteiger partial charge in [-0.2, -0.15) is 0 Å². The first-order valence-corrected chi connectivity index (χ1v) is 5.42. The number of phenolic OH excluding ortho intramolecular Hbond substituents is 1. The summed E-state index contributed by atoms with van der Waals surface area (Å²) in [6.45, 7) is 0.441. The van der Waals surface area contributed by atoms with Crippen LogP contribution in [0.15, 0.2) is 36.5 Å². The molecule has 18 heavy (non-hydrogen) atoms. The number of nitrogens with zero attached hydrogens (tertiary/aromatic N) is 1. The molecule has 2 rings (SSSR count). The lowest BCUT2D eigenvalue weighted by Crippen LogP contribution is -2.10. The van der Waals surface area contributed by atoms with Gasteiger partial charge in [0.05, 0.1) is 12.8 Å². The van der Waals surface area contributed by atoms with Crippen molar-refractivity contribution < 1.29 is 14.6 Å². The van der Waals surface area contributed by atoms with Crippen LogP contribution >= 0.6 is 0 Å². The minimum absolute atomic E-state index is 0.187. The molecular weight excluding hydrogens is 232 g/mol. The van der Waals surface area contributed by atoms with Crippen LogP contribution in [0.25, 0.3) is 0 Å². The van der Waals surface area contributed by atoms with Gasteiger partial charge in [-0.05, 0) is 23.8 Å². The highest BCUT2D eigenvalue weighted by molar-refractivity contribution is 5.89. The van der Waals surface area contributed by atoms with E-state index in [1.54, 1.807) is 35.0 Å². The van der Waals surface area contributed by atoms with Crippen molar-refractivity contribution in [3.8, 4) is 5.75 Å². The number of nitrogen functional groups attached to an aromatic ring is 1. The van der Waals surface area contributed by atoms with Gasteiger partial charge >= 0.3 is 5.97 Å². The average Bonchev–Trinajstić information content (AvgIpc) is 2.69. The van der Waals surface area contributed by atoms with Crippen molar-refractivity contribution in [1.29, 1.82) is 0 Å². The average molecular weight is 246 g/mol. The lowest BCUT2D eigenvalue weighted by Gasteiger charge is -2.07. The topological polar surface area (TPSA) is 77.5 Å². The van der Waals surface area contributed by atoms with E-state index in [4.69, 9.17) is 5.73 Å². The molecule has 1 aromatic heterocycles. The molecule has 0 aliphatic rings. The third kappa shape index (κ3) is 2.45. The predicted molar refractivity (Wildman–Crippen MR) is 67.4 cm³/mol. The van der Waals surface area contributed by atoms with Gasteiger partial charge < -0.3 is 20.1 Å². The number of rotatable bonds is 3. The van der Waals surface area contributed by atoms with Crippen molar-refractivity contribution in [2.45, 2.75) is 6.54 Å². The summed E-state index contributed by atoms with van der Waals surface area (Å²) >= 11 is 0. The van der Waals surface area contributed by atoms with Crippen LogP contribution in [0.3, 0.4) is 0 Å². The van der Waals surface area contributed by atoms with E-state index in [2.05, 4.69) is 4.74 Å². The molecule has 0 aliphatic carbocycles. The fourth-order valence-corrected chi connectivity index (χ4v) is 1.79. The summed E-state index contributed by atoms with van der Waals surface area (Å²) in [6, 6.07) is 8.40. The standard InChI is InChI=1S/C13H14N2O3/c1-18-13(17)12-6-10(14)8-15(12)7-9-3-2-4-11(16)5-9/h2-6,8,16H,7,14H2,1H3. The van der Waals surface area contributed by atoms with E-state index >= 15 is 0 Å². The number of benzene rings is 1. The lowest BCUT2D eigenvalue weighted by atomic mass is 10.2. The van der Waals surface area contributed by atoms with E-state index in [1.807, 2.05) is 6.07 Å². The highest BCUT2D eigenvalue weighted by Gasteiger charge is 2.13. The molecule has 3 N–H and O–H groups in total. The van der Waals surface area contributed by atoms with Gasteiger partial charge in [0.2, 0.25) is 0 Å². The zero-order valence-corrected chi connectivity index (χ0v) is 9.96. The Hall–Kier alpha value is -2.43. The first kappa shape index (κ1) is 12.0. The summed E-state index contributed by atoms with van der Waals surface area (Å²) in [5.74, 6) is -0.251. The molecule has 0 fully saturated rings. The minimum Gasteiger partial charge on any atom is -0.508 e. The Bertz CT molecular complexity index is 575. The van der Waals surface area contributed by atoms with Crippen molar-refractivity contribution in [2.24, 2.45) is 0 Å². The summed E-state index contributed by atoms with van der Waals surface area (Å²) in [7, 11) is 1.32. The molecule has 0 aliphatic heterocycles. The Morgan fingerprint density at radius 3 is 2.89 bits per heavy atom. The Morgan fingerprint density at radius 1 is 1.44 bits per heavy atom. The fourth-order valence-electron chi connectivity index (χ4n) is 1.79. The quantitative estimate of drug-likeness (QED) is 0.806. The van der Waals surface area contributed by atoms with Gasteiger partial charge in [0.25, 0.3) is 0 Å². The van der Waals surface area contributed by atoms with Crippen LogP contribution in [0, 0.1) is 0 Å². The Morgan fingerprint density at radius 2 is 2.22 bits per heavy atom. The molecule has 0 atom stereocenters. The van der Waals surface area contributed by atoms with Crippen LogP contribution in [0.2, 0.25) is 0 Å². The predicted octanol–water partition coefficient (Wildman–Crippen LogP) is 1.61. The summed E-state index contributed by atoms with van der Waals surface area (Å²) < 4.78 is 6.38. The normalized spacial score (nSPS) is 10.3. The number of anilines is 1. The van der Waals surface area contributed by atoms with E-state index in [0.29, 0.717) is 17.9 Å². The minimum atomic E-state index is -0.438. The second kappa shape index (κ2) is 4.83. The Balaban J connectivity index is 2.31. The first-order valence-electron chi connectivity index (χ1n) is 5.42. The highest BCUT2D eigenvalue weighted by atomic mass is 16.5.